The third kappa shape index (κ3) is 4.09. The fourth-order valence-electron chi connectivity index (χ4n) is 3.77. The standard InChI is InChI=1S/C18H24F3N7O/c1-10-8-28(9-10)14-6-13(12-7-23-16(22)26-15(12)18(19,20)21)24-17(25-14)27-4-2-11(29)3-5-27/h6-7,10-11,15,29H,2-5,8-9H2,1H3,(H3,22,23,26). The molecule has 11 heteroatoms. The van der Waals surface area contributed by atoms with Crippen molar-refractivity contribution in [2.75, 3.05) is 36.0 Å². The van der Waals surface area contributed by atoms with Crippen LogP contribution in [0.1, 0.15) is 25.5 Å². The molecular formula is C18H24F3N7O. The Kier molecular flexibility index (Phi) is 5.01. The number of aliphatic hydroxyl groups is 1. The maximum absolute atomic E-state index is 13.6. The molecule has 1 unspecified atom stereocenters. The lowest BCUT2D eigenvalue weighted by Crippen LogP contribution is -2.50. The van der Waals surface area contributed by atoms with E-state index in [1.54, 1.807) is 6.07 Å². The minimum absolute atomic E-state index is 0.0952. The smallest absolute Gasteiger partial charge is 0.393 e. The van der Waals surface area contributed by atoms with Gasteiger partial charge >= 0.3 is 6.18 Å². The first-order valence-corrected chi connectivity index (χ1v) is 9.64. The molecule has 0 radical (unpaired) electrons. The number of aromatic nitrogens is 2. The molecule has 2 fully saturated rings. The van der Waals surface area contributed by atoms with E-state index in [0.29, 0.717) is 43.6 Å². The van der Waals surface area contributed by atoms with Gasteiger partial charge in [0.25, 0.3) is 0 Å². The van der Waals surface area contributed by atoms with Gasteiger partial charge in [0.15, 0.2) is 12.0 Å². The van der Waals surface area contributed by atoms with Crippen molar-refractivity contribution in [3.05, 3.63) is 18.0 Å². The topological polar surface area (TPSA) is 103 Å². The third-order valence-corrected chi connectivity index (χ3v) is 5.41. The van der Waals surface area contributed by atoms with E-state index in [-0.39, 0.29) is 23.3 Å². The predicted molar refractivity (Wildman–Crippen MR) is 103 cm³/mol. The van der Waals surface area contributed by atoms with Crippen molar-refractivity contribution in [2.45, 2.75) is 38.1 Å². The number of halogens is 3. The Bertz CT molecular complexity index is 827. The van der Waals surface area contributed by atoms with Gasteiger partial charge in [-0.05, 0) is 18.8 Å². The first-order chi connectivity index (χ1) is 13.7. The first-order valence-electron chi connectivity index (χ1n) is 9.64. The highest BCUT2D eigenvalue weighted by Gasteiger charge is 2.45. The number of rotatable bonds is 3. The molecular weight excluding hydrogens is 387 g/mol. The molecule has 158 valence electrons. The summed E-state index contributed by atoms with van der Waals surface area (Å²) in [5, 5.41) is 12.0. The number of nitrogens with one attached hydrogen (secondary N) is 1. The quantitative estimate of drug-likeness (QED) is 0.684. The molecule has 0 amide bonds. The van der Waals surface area contributed by atoms with Crippen LogP contribution in [-0.4, -0.2) is 65.5 Å². The van der Waals surface area contributed by atoms with Crippen molar-refractivity contribution in [3.63, 3.8) is 0 Å². The summed E-state index contributed by atoms with van der Waals surface area (Å²) < 4.78 is 40.9. The third-order valence-electron chi connectivity index (χ3n) is 5.41. The van der Waals surface area contributed by atoms with E-state index >= 15 is 0 Å². The van der Waals surface area contributed by atoms with E-state index in [2.05, 4.69) is 27.2 Å². The van der Waals surface area contributed by atoms with Crippen LogP contribution >= 0.6 is 0 Å². The maximum atomic E-state index is 13.6. The second-order valence-corrected chi connectivity index (χ2v) is 7.86. The molecule has 8 nitrogen and oxygen atoms in total. The Labute approximate surface area is 166 Å². The number of guanidine groups is 1. The zero-order valence-corrected chi connectivity index (χ0v) is 16.0. The molecule has 0 bridgehead atoms. The summed E-state index contributed by atoms with van der Waals surface area (Å²) in [5.41, 5.74) is 5.54. The summed E-state index contributed by atoms with van der Waals surface area (Å²) in [6.07, 6.45) is -2.67. The summed E-state index contributed by atoms with van der Waals surface area (Å²) in [6.45, 7) is 4.78. The van der Waals surface area contributed by atoms with E-state index < -0.39 is 12.2 Å². The number of nitrogens with two attached hydrogens (primary N) is 1. The van der Waals surface area contributed by atoms with Crippen LogP contribution in [0, 0.1) is 5.92 Å². The Morgan fingerprint density at radius 2 is 1.86 bits per heavy atom. The summed E-state index contributed by atoms with van der Waals surface area (Å²) >= 11 is 0. The van der Waals surface area contributed by atoms with Crippen molar-refractivity contribution in [3.8, 4) is 0 Å². The van der Waals surface area contributed by atoms with Crippen LogP contribution in [0.15, 0.2) is 17.3 Å². The Morgan fingerprint density at radius 1 is 1.17 bits per heavy atom. The number of anilines is 2. The highest BCUT2D eigenvalue weighted by atomic mass is 19.4. The lowest BCUT2D eigenvalue weighted by atomic mass is 10.0. The summed E-state index contributed by atoms with van der Waals surface area (Å²) in [4.78, 5) is 16.8. The van der Waals surface area contributed by atoms with E-state index in [4.69, 9.17) is 5.73 Å². The molecule has 4 N–H and O–H groups in total. The molecule has 0 aromatic carbocycles. The van der Waals surface area contributed by atoms with Gasteiger partial charge in [-0.1, -0.05) is 6.92 Å². The van der Waals surface area contributed by atoms with Crippen LogP contribution in [0.4, 0.5) is 24.9 Å². The van der Waals surface area contributed by atoms with Crippen molar-refractivity contribution >= 4 is 23.3 Å². The second-order valence-electron chi connectivity index (χ2n) is 7.86. The molecule has 1 aromatic rings. The van der Waals surface area contributed by atoms with E-state index in [0.717, 1.165) is 19.3 Å². The number of alkyl halides is 3. The van der Waals surface area contributed by atoms with Gasteiger partial charge in [0, 0.05) is 44.0 Å². The van der Waals surface area contributed by atoms with Crippen molar-refractivity contribution in [1.82, 2.24) is 15.3 Å². The summed E-state index contributed by atoms with van der Waals surface area (Å²) in [5.74, 6) is 1.18. The van der Waals surface area contributed by atoms with Crippen LogP contribution in [-0.2, 0) is 0 Å². The first kappa shape index (κ1) is 19.7. The highest BCUT2D eigenvalue weighted by molar-refractivity contribution is 5.86. The van der Waals surface area contributed by atoms with Crippen molar-refractivity contribution in [1.29, 1.82) is 0 Å². The van der Waals surface area contributed by atoms with Crippen LogP contribution in [0.3, 0.4) is 0 Å². The van der Waals surface area contributed by atoms with Crippen LogP contribution < -0.4 is 20.9 Å². The Balaban J connectivity index is 1.73. The molecule has 3 aliphatic rings. The van der Waals surface area contributed by atoms with Gasteiger partial charge < -0.3 is 26.0 Å². The lowest BCUT2D eigenvalue weighted by molar-refractivity contribution is -0.139. The molecule has 4 rings (SSSR count). The van der Waals surface area contributed by atoms with E-state index in [1.165, 1.54) is 0 Å². The van der Waals surface area contributed by atoms with Gasteiger partial charge in [-0.2, -0.15) is 18.2 Å². The van der Waals surface area contributed by atoms with E-state index in [1.807, 2.05) is 9.80 Å². The zero-order valence-electron chi connectivity index (χ0n) is 16.0. The predicted octanol–water partition coefficient (Wildman–Crippen LogP) is 1.08. The van der Waals surface area contributed by atoms with Gasteiger partial charge in [0.2, 0.25) is 5.95 Å². The summed E-state index contributed by atoms with van der Waals surface area (Å²) in [6, 6.07) is -0.411. The number of hydrogen-bond acceptors (Lipinski definition) is 8. The van der Waals surface area contributed by atoms with Gasteiger partial charge in [0.1, 0.15) is 5.82 Å². The highest BCUT2D eigenvalue weighted by Crippen LogP contribution is 2.35. The molecule has 0 saturated carbocycles. The number of aliphatic imine (C=N–C) groups is 1. The average Bonchev–Trinajstić information content (AvgIpc) is 2.65. The number of nitrogens with zero attached hydrogens (tertiary/aromatic N) is 5. The van der Waals surface area contributed by atoms with Gasteiger partial charge in [-0.15, -0.1) is 0 Å². The zero-order chi connectivity index (χ0) is 20.8. The van der Waals surface area contributed by atoms with Crippen LogP contribution in [0.5, 0.6) is 0 Å². The van der Waals surface area contributed by atoms with E-state index in [9.17, 15) is 18.3 Å². The molecule has 1 atom stereocenters. The van der Waals surface area contributed by atoms with Crippen LogP contribution in [0.25, 0.3) is 5.57 Å². The average molecular weight is 411 g/mol. The molecule has 0 aliphatic carbocycles. The molecule has 0 spiro atoms. The molecule has 1 aromatic heterocycles. The van der Waals surface area contributed by atoms with Gasteiger partial charge in [-0.3, -0.25) is 0 Å². The van der Waals surface area contributed by atoms with Gasteiger partial charge in [-0.25, -0.2) is 9.98 Å². The second kappa shape index (κ2) is 7.36. The van der Waals surface area contributed by atoms with Crippen molar-refractivity contribution < 1.29 is 18.3 Å². The number of hydrogen-bond donors (Lipinski definition) is 3. The Hall–Kier alpha value is -2.56. The fourth-order valence-corrected chi connectivity index (χ4v) is 3.77. The number of piperidine rings is 1. The molecule has 4 heterocycles. The molecule has 2 saturated heterocycles. The minimum atomic E-state index is -4.56. The molecule has 29 heavy (non-hydrogen) atoms. The maximum Gasteiger partial charge on any atom is 0.413 e. The monoisotopic (exact) mass is 411 g/mol. The lowest BCUT2D eigenvalue weighted by Gasteiger charge is -2.39. The Morgan fingerprint density at radius 3 is 2.48 bits per heavy atom. The fraction of sp³-hybridized carbons (Fsp3) is 0.611. The largest absolute Gasteiger partial charge is 0.413 e. The van der Waals surface area contributed by atoms with Crippen LogP contribution in [0.2, 0.25) is 0 Å². The normalized spacial score (nSPS) is 24.0. The number of aliphatic hydroxyl groups excluding tert-OH is 1. The SMILES string of the molecule is CC1CN(c2cc(C3=CN=C(N)NC3C(F)(F)F)nc(N3CCC(O)CC3)n2)C1. The summed E-state index contributed by atoms with van der Waals surface area (Å²) in [7, 11) is 0. The van der Waals surface area contributed by atoms with Gasteiger partial charge in [0.05, 0.1) is 11.8 Å². The molecule has 3 aliphatic heterocycles. The minimum Gasteiger partial charge on any atom is -0.393 e. The van der Waals surface area contributed by atoms with Crippen molar-refractivity contribution in [2.24, 2.45) is 16.6 Å².